The van der Waals surface area contributed by atoms with E-state index < -0.39 is 0 Å². The highest BCUT2D eigenvalue weighted by Gasteiger charge is 2.23. The molecule has 0 aliphatic carbocycles. The van der Waals surface area contributed by atoms with Crippen LogP contribution in [0, 0.1) is 0 Å². The second kappa shape index (κ2) is 8.34. The Hall–Kier alpha value is -2.08. The summed E-state index contributed by atoms with van der Waals surface area (Å²) >= 11 is 0. The van der Waals surface area contributed by atoms with Gasteiger partial charge in [0.1, 0.15) is 5.75 Å². The maximum absolute atomic E-state index is 12.5. The van der Waals surface area contributed by atoms with Crippen molar-refractivity contribution in [2.45, 2.75) is 32.7 Å². The van der Waals surface area contributed by atoms with Crippen LogP contribution in [0.2, 0.25) is 0 Å². The van der Waals surface area contributed by atoms with Crippen LogP contribution in [0.4, 0.5) is 0 Å². The smallest absolute Gasteiger partial charge is 0.234 e. The van der Waals surface area contributed by atoms with Crippen molar-refractivity contribution in [1.29, 1.82) is 0 Å². The summed E-state index contributed by atoms with van der Waals surface area (Å²) < 4.78 is 5.20. The molecule has 0 saturated carbocycles. The first-order valence-electron chi connectivity index (χ1n) is 8.71. The third-order valence-electron chi connectivity index (χ3n) is 4.10. The number of ether oxygens (including phenoxy) is 1. The van der Waals surface area contributed by atoms with E-state index >= 15 is 0 Å². The van der Waals surface area contributed by atoms with Gasteiger partial charge >= 0.3 is 0 Å². The van der Waals surface area contributed by atoms with E-state index in [0.29, 0.717) is 26.1 Å². The third-order valence-corrected chi connectivity index (χ3v) is 4.10. The predicted octanol–water partition coefficient (Wildman–Crippen LogP) is 1.30. The Labute approximate surface area is 150 Å². The van der Waals surface area contributed by atoms with Crippen molar-refractivity contribution in [2.24, 2.45) is 0 Å². The third kappa shape index (κ3) is 6.38. The summed E-state index contributed by atoms with van der Waals surface area (Å²) in [5.41, 5.74) is 0.738. The SMILES string of the molecule is COc1cccc(CC(=O)N2CCN(CC(=O)NC(C)(C)C)CC2)c1. The maximum Gasteiger partial charge on any atom is 0.234 e. The van der Waals surface area contributed by atoms with E-state index in [4.69, 9.17) is 4.74 Å². The van der Waals surface area contributed by atoms with E-state index in [2.05, 4.69) is 10.2 Å². The van der Waals surface area contributed by atoms with Crippen molar-refractivity contribution in [3.63, 3.8) is 0 Å². The van der Waals surface area contributed by atoms with Crippen molar-refractivity contribution >= 4 is 11.8 Å². The molecule has 1 N–H and O–H groups in total. The number of hydrogen-bond acceptors (Lipinski definition) is 4. The molecule has 0 unspecified atom stereocenters. The summed E-state index contributed by atoms with van der Waals surface area (Å²) in [6.45, 7) is 9.06. The number of amides is 2. The van der Waals surface area contributed by atoms with Crippen LogP contribution in [0.5, 0.6) is 5.75 Å². The Kier molecular flexibility index (Phi) is 6.42. The average molecular weight is 347 g/mol. The zero-order valence-corrected chi connectivity index (χ0v) is 15.7. The Morgan fingerprint density at radius 3 is 2.44 bits per heavy atom. The van der Waals surface area contributed by atoms with Gasteiger partial charge in [0.2, 0.25) is 11.8 Å². The predicted molar refractivity (Wildman–Crippen MR) is 97.6 cm³/mol. The Bertz CT molecular complexity index is 602. The normalized spacial score (nSPS) is 15.8. The fourth-order valence-electron chi connectivity index (χ4n) is 2.89. The lowest BCUT2D eigenvalue weighted by molar-refractivity contribution is -0.132. The van der Waals surface area contributed by atoms with Crippen LogP contribution >= 0.6 is 0 Å². The van der Waals surface area contributed by atoms with Gasteiger partial charge in [0.15, 0.2) is 0 Å². The summed E-state index contributed by atoms with van der Waals surface area (Å²) in [5, 5.41) is 2.97. The van der Waals surface area contributed by atoms with Gasteiger partial charge in [-0.2, -0.15) is 0 Å². The van der Waals surface area contributed by atoms with Crippen molar-refractivity contribution in [2.75, 3.05) is 39.8 Å². The molecule has 0 spiro atoms. The second-order valence-electron chi connectivity index (χ2n) is 7.48. The average Bonchev–Trinajstić information content (AvgIpc) is 2.53. The topological polar surface area (TPSA) is 61.9 Å². The lowest BCUT2D eigenvalue weighted by Crippen LogP contribution is -2.53. The van der Waals surface area contributed by atoms with Crippen LogP contribution in [0.1, 0.15) is 26.3 Å². The number of benzene rings is 1. The molecule has 0 bridgehead atoms. The molecule has 6 nitrogen and oxygen atoms in total. The van der Waals surface area contributed by atoms with Crippen molar-refractivity contribution in [1.82, 2.24) is 15.1 Å². The first-order chi connectivity index (χ1) is 11.8. The van der Waals surface area contributed by atoms with Crippen LogP contribution in [0.15, 0.2) is 24.3 Å². The van der Waals surface area contributed by atoms with Crippen molar-refractivity contribution in [3.8, 4) is 5.75 Å². The summed E-state index contributed by atoms with van der Waals surface area (Å²) in [5.74, 6) is 0.913. The van der Waals surface area contributed by atoms with Gasteiger partial charge < -0.3 is 15.0 Å². The second-order valence-corrected chi connectivity index (χ2v) is 7.48. The van der Waals surface area contributed by atoms with Crippen LogP contribution in [-0.2, 0) is 16.0 Å². The lowest BCUT2D eigenvalue weighted by atomic mass is 10.1. The van der Waals surface area contributed by atoms with Gasteiger partial charge in [0, 0.05) is 31.7 Å². The summed E-state index contributed by atoms with van der Waals surface area (Å²) in [6, 6.07) is 7.60. The quantitative estimate of drug-likeness (QED) is 0.872. The molecule has 1 aliphatic heterocycles. The molecule has 0 radical (unpaired) electrons. The monoisotopic (exact) mass is 347 g/mol. The number of nitrogens with one attached hydrogen (secondary N) is 1. The number of carbonyl (C=O) groups excluding carboxylic acids is 2. The molecule has 2 amide bonds. The van der Waals surface area contributed by atoms with Gasteiger partial charge in [-0.15, -0.1) is 0 Å². The molecule has 0 aromatic heterocycles. The molecular weight excluding hydrogens is 318 g/mol. The van der Waals surface area contributed by atoms with Crippen LogP contribution in [0.3, 0.4) is 0 Å². The van der Waals surface area contributed by atoms with Crippen LogP contribution in [-0.4, -0.2) is 67.0 Å². The standard InChI is InChI=1S/C19H29N3O3/c1-19(2,3)20-17(23)14-21-8-10-22(11-9-21)18(24)13-15-6-5-7-16(12-15)25-4/h5-7,12H,8-11,13-14H2,1-4H3,(H,20,23). The number of rotatable bonds is 5. The van der Waals surface area contributed by atoms with Gasteiger partial charge in [-0.05, 0) is 38.5 Å². The first kappa shape index (κ1) is 19.2. The molecular formula is C19H29N3O3. The number of nitrogens with zero attached hydrogens (tertiary/aromatic N) is 2. The Morgan fingerprint density at radius 2 is 1.84 bits per heavy atom. The minimum atomic E-state index is -0.217. The summed E-state index contributed by atoms with van der Waals surface area (Å²) in [4.78, 5) is 28.4. The molecule has 138 valence electrons. The van der Waals surface area contributed by atoms with Gasteiger partial charge in [-0.25, -0.2) is 0 Å². The van der Waals surface area contributed by atoms with Crippen LogP contribution in [0.25, 0.3) is 0 Å². The number of carbonyl (C=O) groups is 2. The van der Waals surface area contributed by atoms with Gasteiger partial charge in [-0.1, -0.05) is 12.1 Å². The van der Waals surface area contributed by atoms with E-state index in [1.807, 2.05) is 49.9 Å². The minimum absolute atomic E-state index is 0.0312. The van der Waals surface area contributed by atoms with E-state index in [-0.39, 0.29) is 17.4 Å². The van der Waals surface area contributed by atoms with E-state index in [1.54, 1.807) is 7.11 Å². The molecule has 2 rings (SSSR count). The molecule has 1 fully saturated rings. The van der Waals surface area contributed by atoms with Crippen molar-refractivity contribution < 1.29 is 14.3 Å². The number of hydrogen-bond donors (Lipinski definition) is 1. The minimum Gasteiger partial charge on any atom is -0.497 e. The fraction of sp³-hybridized carbons (Fsp3) is 0.579. The largest absolute Gasteiger partial charge is 0.497 e. The van der Waals surface area contributed by atoms with Crippen LogP contribution < -0.4 is 10.1 Å². The summed E-state index contributed by atoms with van der Waals surface area (Å²) in [6.07, 6.45) is 0.377. The van der Waals surface area contributed by atoms with Gasteiger partial charge in [0.25, 0.3) is 0 Å². The van der Waals surface area contributed by atoms with E-state index in [9.17, 15) is 9.59 Å². The lowest BCUT2D eigenvalue weighted by Gasteiger charge is -2.35. The van der Waals surface area contributed by atoms with Crippen molar-refractivity contribution in [3.05, 3.63) is 29.8 Å². The molecule has 1 saturated heterocycles. The zero-order valence-electron chi connectivity index (χ0n) is 15.7. The Balaban J connectivity index is 1.79. The highest BCUT2D eigenvalue weighted by Crippen LogP contribution is 2.14. The molecule has 25 heavy (non-hydrogen) atoms. The highest BCUT2D eigenvalue weighted by molar-refractivity contribution is 5.80. The Morgan fingerprint density at radius 1 is 1.16 bits per heavy atom. The first-order valence-corrected chi connectivity index (χ1v) is 8.71. The molecule has 1 heterocycles. The molecule has 1 aromatic carbocycles. The van der Waals surface area contributed by atoms with Gasteiger partial charge in [0.05, 0.1) is 20.1 Å². The van der Waals surface area contributed by atoms with E-state index in [0.717, 1.165) is 24.4 Å². The zero-order chi connectivity index (χ0) is 18.4. The molecule has 6 heteroatoms. The molecule has 1 aromatic rings. The highest BCUT2D eigenvalue weighted by atomic mass is 16.5. The maximum atomic E-state index is 12.5. The van der Waals surface area contributed by atoms with E-state index in [1.165, 1.54) is 0 Å². The number of methoxy groups -OCH3 is 1. The number of piperazine rings is 1. The molecule has 1 aliphatic rings. The summed E-state index contributed by atoms with van der Waals surface area (Å²) in [7, 11) is 1.62. The van der Waals surface area contributed by atoms with Gasteiger partial charge in [-0.3, -0.25) is 14.5 Å². The molecule has 0 atom stereocenters. The fourth-order valence-corrected chi connectivity index (χ4v) is 2.89.